The van der Waals surface area contributed by atoms with E-state index in [1.54, 1.807) is 13.8 Å². The summed E-state index contributed by atoms with van der Waals surface area (Å²) in [5.41, 5.74) is -0.725. The van der Waals surface area contributed by atoms with Crippen molar-refractivity contribution in [3.05, 3.63) is 0 Å². The number of nitrogens with one attached hydrogen (secondary N) is 2. The molecule has 0 aromatic rings. The van der Waals surface area contributed by atoms with Crippen LogP contribution in [0.25, 0.3) is 0 Å². The first kappa shape index (κ1) is 9.61. The number of imide groups is 1. The minimum Gasteiger partial charge on any atom is -0.324 e. The molecule has 0 atom stereocenters. The first-order chi connectivity index (χ1) is 5.02. The highest BCUT2D eigenvalue weighted by Gasteiger charge is 2.36. The Balaban J connectivity index is 0.000000461. The summed E-state index contributed by atoms with van der Waals surface area (Å²) in [6.45, 7) is 5.29. The summed E-state index contributed by atoms with van der Waals surface area (Å²) in [6, 6.07) is -0.412. The van der Waals surface area contributed by atoms with E-state index in [0.717, 1.165) is 0 Å². The topological polar surface area (TPSA) is 75.3 Å². The predicted octanol–water partition coefficient (Wildman–Crippen LogP) is -0.581. The van der Waals surface area contributed by atoms with Gasteiger partial charge in [0.1, 0.15) is 12.3 Å². The van der Waals surface area contributed by atoms with E-state index in [2.05, 4.69) is 10.6 Å². The second-order valence-corrected chi connectivity index (χ2v) is 2.53. The Labute approximate surface area is 64.1 Å². The molecule has 1 fully saturated rings. The molecule has 1 saturated heterocycles. The van der Waals surface area contributed by atoms with Gasteiger partial charge >= 0.3 is 6.03 Å². The zero-order chi connectivity index (χ0) is 9.07. The quantitative estimate of drug-likeness (QED) is 0.463. The lowest BCUT2D eigenvalue weighted by Gasteiger charge is -2.11. The molecule has 1 heterocycles. The third-order valence-electron chi connectivity index (χ3n) is 1.22. The molecule has 0 spiro atoms. The van der Waals surface area contributed by atoms with Gasteiger partial charge in [-0.05, 0) is 13.8 Å². The second kappa shape index (κ2) is 3.14. The smallest absolute Gasteiger partial charge is 0.322 e. The fourth-order valence-electron chi connectivity index (χ4n) is 0.631. The number of carbonyl (C=O) groups excluding carboxylic acids is 3. The molecule has 0 radical (unpaired) electrons. The summed E-state index contributed by atoms with van der Waals surface area (Å²) in [7, 11) is 0. The van der Waals surface area contributed by atoms with Gasteiger partial charge in [-0.1, -0.05) is 0 Å². The lowest BCUT2D eigenvalue weighted by atomic mass is 10.1. The zero-order valence-corrected chi connectivity index (χ0v) is 6.43. The van der Waals surface area contributed by atoms with Crippen LogP contribution < -0.4 is 10.6 Å². The largest absolute Gasteiger partial charge is 0.324 e. The van der Waals surface area contributed by atoms with Gasteiger partial charge in [-0.3, -0.25) is 10.1 Å². The molecule has 3 amide bonds. The molecule has 5 heteroatoms. The molecule has 5 nitrogen and oxygen atoms in total. The van der Waals surface area contributed by atoms with E-state index in [0.29, 0.717) is 0 Å². The van der Waals surface area contributed by atoms with Crippen molar-refractivity contribution in [2.75, 3.05) is 0 Å². The van der Waals surface area contributed by atoms with Crippen molar-refractivity contribution in [1.82, 2.24) is 10.6 Å². The highest BCUT2D eigenvalue weighted by molar-refractivity contribution is 6.06. The maximum absolute atomic E-state index is 10.7. The van der Waals surface area contributed by atoms with E-state index in [1.165, 1.54) is 0 Å². The Kier molecular flexibility index (Phi) is 2.74. The minimum atomic E-state index is -0.725. The van der Waals surface area contributed by atoms with Crippen molar-refractivity contribution in [3.8, 4) is 0 Å². The SMILES string of the molecule is C=O.CC1(C)NC(=O)NC1=O. The van der Waals surface area contributed by atoms with Crippen molar-refractivity contribution in [2.24, 2.45) is 0 Å². The highest BCUT2D eigenvalue weighted by Crippen LogP contribution is 2.05. The number of hydrogen-bond donors (Lipinski definition) is 2. The maximum Gasteiger partial charge on any atom is 0.322 e. The maximum atomic E-state index is 10.7. The molecular weight excluding hydrogens is 148 g/mol. The summed E-state index contributed by atoms with van der Waals surface area (Å²) in [5, 5.41) is 4.56. The normalized spacial score (nSPS) is 19.5. The van der Waals surface area contributed by atoms with E-state index in [-0.39, 0.29) is 5.91 Å². The highest BCUT2D eigenvalue weighted by atomic mass is 16.2. The van der Waals surface area contributed by atoms with Crippen LogP contribution in [0.1, 0.15) is 13.8 Å². The summed E-state index contributed by atoms with van der Waals surface area (Å²) in [5.74, 6) is -0.271. The molecule has 2 N–H and O–H groups in total. The van der Waals surface area contributed by atoms with Crippen LogP contribution in [-0.2, 0) is 9.59 Å². The predicted molar refractivity (Wildman–Crippen MR) is 37.9 cm³/mol. The van der Waals surface area contributed by atoms with E-state index in [9.17, 15) is 9.59 Å². The number of rotatable bonds is 0. The Hall–Kier alpha value is -1.39. The van der Waals surface area contributed by atoms with Crippen LogP contribution >= 0.6 is 0 Å². The molecule has 0 unspecified atom stereocenters. The van der Waals surface area contributed by atoms with E-state index in [4.69, 9.17) is 4.79 Å². The van der Waals surface area contributed by atoms with Crippen LogP contribution in [0, 0.1) is 0 Å². The van der Waals surface area contributed by atoms with Crippen molar-refractivity contribution in [3.63, 3.8) is 0 Å². The first-order valence-electron chi connectivity index (χ1n) is 2.95. The van der Waals surface area contributed by atoms with Crippen molar-refractivity contribution < 1.29 is 14.4 Å². The van der Waals surface area contributed by atoms with E-state index < -0.39 is 11.6 Å². The molecule has 0 bridgehead atoms. The summed E-state index contributed by atoms with van der Waals surface area (Å²) in [4.78, 5) is 29.1. The average Bonchev–Trinajstić information content (AvgIpc) is 2.10. The number of carbonyl (C=O) groups is 3. The average molecular weight is 158 g/mol. The van der Waals surface area contributed by atoms with Crippen LogP contribution in [0.4, 0.5) is 4.79 Å². The van der Waals surface area contributed by atoms with Gasteiger partial charge in [-0.15, -0.1) is 0 Å². The Morgan fingerprint density at radius 3 is 1.82 bits per heavy atom. The summed E-state index contributed by atoms with van der Waals surface area (Å²) < 4.78 is 0. The number of amides is 3. The molecule has 0 aromatic carbocycles. The monoisotopic (exact) mass is 158 g/mol. The molecule has 0 saturated carbocycles. The molecule has 11 heavy (non-hydrogen) atoms. The lowest BCUT2D eigenvalue weighted by molar-refractivity contribution is -0.122. The Morgan fingerprint density at radius 1 is 1.27 bits per heavy atom. The Morgan fingerprint density at radius 2 is 1.73 bits per heavy atom. The van der Waals surface area contributed by atoms with Crippen LogP contribution in [-0.4, -0.2) is 24.3 Å². The van der Waals surface area contributed by atoms with Gasteiger partial charge in [0.15, 0.2) is 0 Å². The van der Waals surface area contributed by atoms with Crippen LogP contribution in [0.3, 0.4) is 0 Å². The van der Waals surface area contributed by atoms with E-state index in [1.807, 2.05) is 6.79 Å². The molecule has 62 valence electrons. The summed E-state index contributed by atoms with van der Waals surface area (Å²) >= 11 is 0. The Bertz CT molecular complexity index is 188. The zero-order valence-electron chi connectivity index (χ0n) is 6.43. The molecule has 0 aliphatic carbocycles. The standard InChI is InChI=1S/C5H8N2O2.CH2O/c1-5(2)3(8)6-4(9)7-5;1-2/h1-2H3,(H2,6,7,8,9);1H2. The molecule has 0 aromatic heterocycles. The van der Waals surface area contributed by atoms with Gasteiger partial charge in [0.2, 0.25) is 0 Å². The number of hydrogen-bond acceptors (Lipinski definition) is 3. The van der Waals surface area contributed by atoms with Gasteiger partial charge in [0.25, 0.3) is 5.91 Å². The van der Waals surface area contributed by atoms with Crippen molar-refractivity contribution >= 4 is 18.7 Å². The van der Waals surface area contributed by atoms with Gasteiger partial charge in [0, 0.05) is 0 Å². The van der Waals surface area contributed by atoms with Crippen LogP contribution in [0.5, 0.6) is 0 Å². The fraction of sp³-hybridized carbons (Fsp3) is 0.500. The fourth-order valence-corrected chi connectivity index (χ4v) is 0.631. The first-order valence-corrected chi connectivity index (χ1v) is 2.95. The number of urea groups is 1. The molecule has 1 aliphatic heterocycles. The molecule has 1 rings (SSSR count). The summed E-state index contributed by atoms with van der Waals surface area (Å²) in [6.07, 6.45) is 0. The minimum absolute atomic E-state index is 0.271. The van der Waals surface area contributed by atoms with Gasteiger partial charge < -0.3 is 10.1 Å². The second-order valence-electron chi connectivity index (χ2n) is 2.53. The van der Waals surface area contributed by atoms with Gasteiger partial charge in [-0.25, -0.2) is 4.79 Å². The lowest BCUT2D eigenvalue weighted by Crippen LogP contribution is -2.39. The third-order valence-corrected chi connectivity index (χ3v) is 1.22. The molecular formula is C6H10N2O3. The van der Waals surface area contributed by atoms with Crippen LogP contribution in [0.15, 0.2) is 0 Å². The van der Waals surface area contributed by atoms with Crippen LogP contribution in [0.2, 0.25) is 0 Å². The van der Waals surface area contributed by atoms with Gasteiger partial charge in [-0.2, -0.15) is 0 Å². The van der Waals surface area contributed by atoms with Crippen molar-refractivity contribution in [2.45, 2.75) is 19.4 Å². The third kappa shape index (κ3) is 2.03. The van der Waals surface area contributed by atoms with Crippen molar-refractivity contribution in [1.29, 1.82) is 0 Å². The van der Waals surface area contributed by atoms with Gasteiger partial charge in [0.05, 0.1) is 0 Å². The van der Waals surface area contributed by atoms with E-state index >= 15 is 0 Å². The molecule has 1 aliphatic rings.